The van der Waals surface area contributed by atoms with Crippen molar-refractivity contribution in [3.63, 3.8) is 0 Å². The Balaban J connectivity index is 1.69. The summed E-state index contributed by atoms with van der Waals surface area (Å²) in [6, 6.07) is 8.06. The van der Waals surface area contributed by atoms with Crippen molar-refractivity contribution in [3.05, 3.63) is 52.9 Å². The van der Waals surface area contributed by atoms with Crippen molar-refractivity contribution in [1.29, 1.82) is 0 Å². The zero-order chi connectivity index (χ0) is 14.2. The van der Waals surface area contributed by atoms with Crippen LogP contribution < -0.4 is 5.32 Å². The normalized spacial score (nSPS) is 14.3. The predicted molar refractivity (Wildman–Crippen MR) is 81.1 cm³/mol. The maximum Gasteiger partial charge on any atom is 0.136 e. The summed E-state index contributed by atoms with van der Waals surface area (Å²) in [6.45, 7) is 3.94. The monoisotopic (exact) mass is 279 g/mol. The maximum atomic E-state index is 4.73. The number of aromatic nitrogens is 4. The molecule has 1 aromatic carbocycles. The van der Waals surface area contributed by atoms with Crippen LogP contribution in [0.1, 0.15) is 28.6 Å². The highest BCUT2D eigenvalue weighted by molar-refractivity contribution is 5.74. The first-order chi connectivity index (χ1) is 10.3. The molecule has 2 N–H and O–H groups in total. The van der Waals surface area contributed by atoms with Crippen LogP contribution in [0.2, 0.25) is 0 Å². The van der Waals surface area contributed by atoms with Gasteiger partial charge >= 0.3 is 0 Å². The molecule has 1 aliphatic heterocycles. The number of hydrogen-bond acceptors (Lipinski definition) is 4. The molecule has 21 heavy (non-hydrogen) atoms. The van der Waals surface area contributed by atoms with Gasteiger partial charge in [-0.25, -0.2) is 15.0 Å². The molecule has 0 saturated carbocycles. The van der Waals surface area contributed by atoms with Crippen molar-refractivity contribution in [1.82, 2.24) is 25.3 Å². The van der Waals surface area contributed by atoms with Gasteiger partial charge in [0.2, 0.25) is 0 Å². The highest BCUT2D eigenvalue weighted by atomic mass is 15.0. The van der Waals surface area contributed by atoms with Gasteiger partial charge in [0.05, 0.1) is 23.1 Å². The molecule has 3 heterocycles. The lowest BCUT2D eigenvalue weighted by Crippen LogP contribution is -2.26. The Morgan fingerprint density at radius 3 is 2.95 bits per heavy atom. The van der Waals surface area contributed by atoms with Gasteiger partial charge in [-0.05, 0) is 19.1 Å². The Labute approximate surface area is 122 Å². The number of nitrogens with one attached hydrogen (secondary N) is 2. The van der Waals surface area contributed by atoms with Crippen LogP contribution >= 0.6 is 0 Å². The van der Waals surface area contributed by atoms with E-state index in [2.05, 4.69) is 27.2 Å². The summed E-state index contributed by atoms with van der Waals surface area (Å²) in [5, 5.41) is 3.37. The molecule has 0 saturated heterocycles. The molecular formula is C16H17N5. The summed E-state index contributed by atoms with van der Waals surface area (Å²) in [7, 11) is 0. The van der Waals surface area contributed by atoms with Gasteiger partial charge < -0.3 is 10.3 Å². The van der Waals surface area contributed by atoms with Crippen molar-refractivity contribution >= 4 is 11.0 Å². The van der Waals surface area contributed by atoms with E-state index in [1.165, 1.54) is 11.3 Å². The van der Waals surface area contributed by atoms with Crippen molar-refractivity contribution in [2.45, 2.75) is 26.3 Å². The minimum atomic E-state index is 0.649. The first-order valence-corrected chi connectivity index (χ1v) is 7.29. The number of benzene rings is 1. The SMILES string of the molecule is Cc1nc(Cc2nc3ccccc3[nH]2)nc2c1CNCC2. The molecule has 0 spiro atoms. The van der Waals surface area contributed by atoms with Crippen LogP contribution in [-0.2, 0) is 19.4 Å². The molecule has 0 atom stereocenters. The zero-order valence-electron chi connectivity index (χ0n) is 12.0. The average Bonchev–Trinajstić information content (AvgIpc) is 2.89. The molecule has 2 aromatic heterocycles. The number of aromatic amines is 1. The summed E-state index contributed by atoms with van der Waals surface area (Å²) in [4.78, 5) is 17.3. The Bertz CT molecular complexity index is 773. The number of rotatable bonds is 2. The minimum absolute atomic E-state index is 0.649. The van der Waals surface area contributed by atoms with E-state index in [9.17, 15) is 0 Å². The summed E-state index contributed by atoms with van der Waals surface area (Å²) in [6.07, 6.45) is 1.63. The third kappa shape index (κ3) is 2.29. The van der Waals surface area contributed by atoms with E-state index in [4.69, 9.17) is 4.98 Å². The van der Waals surface area contributed by atoms with Crippen LogP contribution in [0.3, 0.4) is 0 Å². The lowest BCUT2D eigenvalue weighted by atomic mass is 10.1. The molecular weight excluding hydrogens is 262 g/mol. The predicted octanol–water partition coefficient (Wildman–Crippen LogP) is 1.90. The largest absolute Gasteiger partial charge is 0.342 e. The Hall–Kier alpha value is -2.27. The summed E-state index contributed by atoms with van der Waals surface area (Å²) < 4.78 is 0. The molecule has 0 aliphatic carbocycles. The van der Waals surface area contributed by atoms with Gasteiger partial charge in [-0.2, -0.15) is 0 Å². The van der Waals surface area contributed by atoms with Gasteiger partial charge in [0, 0.05) is 30.8 Å². The number of fused-ring (bicyclic) bond motifs is 2. The second kappa shape index (κ2) is 4.93. The van der Waals surface area contributed by atoms with E-state index < -0.39 is 0 Å². The molecule has 0 fully saturated rings. The number of aryl methyl sites for hydroxylation is 1. The summed E-state index contributed by atoms with van der Waals surface area (Å²) >= 11 is 0. The fourth-order valence-electron chi connectivity index (χ4n) is 2.89. The van der Waals surface area contributed by atoms with E-state index in [1.807, 2.05) is 24.3 Å². The van der Waals surface area contributed by atoms with Crippen LogP contribution in [0.5, 0.6) is 0 Å². The standard InChI is InChI=1S/C16H17N5/c1-10-11-9-17-7-6-12(11)19-15(18-10)8-16-20-13-4-2-3-5-14(13)21-16/h2-5,17H,6-9H2,1H3,(H,20,21). The molecule has 0 bridgehead atoms. The van der Waals surface area contributed by atoms with Crippen LogP contribution in [0.4, 0.5) is 0 Å². The Morgan fingerprint density at radius 2 is 2.05 bits per heavy atom. The first kappa shape index (κ1) is 12.5. The van der Waals surface area contributed by atoms with Gasteiger partial charge in [0.1, 0.15) is 11.6 Å². The minimum Gasteiger partial charge on any atom is -0.342 e. The van der Waals surface area contributed by atoms with Gasteiger partial charge in [0.25, 0.3) is 0 Å². The van der Waals surface area contributed by atoms with Crippen LogP contribution in [0.15, 0.2) is 24.3 Å². The van der Waals surface area contributed by atoms with Crippen LogP contribution in [0, 0.1) is 6.92 Å². The van der Waals surface area contributed by atoms with Gasteiger partial charge in [-0.15, -0.1) is 0 Å². The molecule has 106 valence electrons. The van der Waals surface area contributed by atoms with Crippen molar-refractivity contribution in [2.75, 3.05) is 6.54 Å². The van der Waals surface area contributed by atoms with Crippen molar-refractivity contribution < 1.29 is 0 Å². The van der Waals surface area contributed by atoms with E-state index in [1.54, 1.807) is 0 Å². The fraction of sp³-hybridized carbons (Fsp3) is 0.312. The number of imidazole rings is 1. The molecule has 3 aromatic rings. The second-order valence-corrected chi connectivity index (χ2v) is 5.45. The van der Waals surface area contributed by atoms with E-state index >= 15 is 0 Å². The molecule has 0 unspecified atom stereocenters. The third-order valence-electron chi connectivity index (χ3n) is 3.95. The van der Waals surface area contributed by atoms with Crippen molar-refractivity contribution in [2.24, 2.45) is 0 Å². The van der Waals surface area contributed by atoms with E-state index in [0.29, 0.717) is 6.42 Å². The second-order valence-electron chi connectivity index (χ2n) is 5.45. The number of para-hydroxylation sites is 2. The number of hydrogen-bond donors (Lipinski definition) is 2. The number of nitrogens with zero attached hydrogens (tertiary/aromatic N) is 3. The van der Waals surface area contributed by atoms with E-state index in [0.717, 1.165) is 47.9 Å². The van der Waals surface area contributed by atoms with Gasteiger partial charge in [0.15, 0.2) is 0 Å². The topological polar surface area (TPSA) is 66.5 Å². The average molecular weight is 279 g/mol. The Morgan fingerprint density at radius 1 is 1.14 bits per heavy atom. The highest BCUT2D eigenvalue weighted by Crippen LogP contribution is 2.17. The molecule has 0 radical (unpaired) electrons. The first-order valence-electron chi connectivity index (χ1n) is 7.29. The summed E-state index contributed by atoms with van der Waals surface area (Å²) in [5.74, 6) is 1.77. The smallest absolute Gasteiger partial charge is 0.136 e. The van der Waals surface area contributed by atoms with Gasteiger partial charge in [-0.1, -0.05) is 12.1 Å². The molecule has 0 amide bonds. The lowest BCUT2D eigenvalue weighted by Gasteiger charge is -2.18. The Kier molecular flexibility index (Phi) is 2.93. The fourth-order valence-corrected chi connectivity index (χ4v) is 2.89. The third-order valence-corrected chi connectivity index (χ3v) is 3.95. The lowest BCUT2D eigenvalue weighted by molar-refractivity contribution is 0.615. The molecule has 1 aliphatic rings. The van der Waals surface area contributed by atoms with E-state index in [-0.39, 0.29) is 0 Å². The maximum absolute atomic E-state index is 4.73. The number of H-pyrrole nitrogens is 1. The molecule has 5 heteroatoms. The van der Waals surface area contributed by atoms with Gasteiger partial charge in [-0.3, -0.25) is 0 Å². The molecule has 4 rings (SSSR count). The highest BCUT2D eigenvalue weighted by Gasteiger charge is 2.15. The van der Waals surface area contributed by atoms with Crippen LogP contribution in [0.25, 0.3) is 11.0 Å². The zero-order valence-corrected chi connectivity index (χ0v) is 12.0. The van der Waals surface area contributed by atoms with Crippen molar-refractivity contribution in [3.8, 4) is 0 Å². The van der Waals surface area contributed by atoms with Crippen LogP contribution in [-0.4, -0.2) is 26.5 Å². The quantitative estimate of drug-likeness (QED) is 0.752. The molecule has 5 nitrogen and oxygen atoms in total. The summed E-state index contributed by atoms with van der Waals surface area (Å²) in [5.41, 5.74) is 5.58.